The summed E-state index contributed by atoms with van der Waals surface area (Å²) in [6.07, 6.45) is -1.88. The van der Waals surface area contributed by atoms with Crippen LogP contribution >= 0.6 is 0 Å². The molecule has 106 valence electrons. The van der Waals surface area contributed by atoms with Crippen LogP contribution in [0.2, 0.25) is 0 Å². The molecule has 3 nitrogen and oxygen atoms in total. The van der Waals surface area contributed by atoms with Crippen molar-refractivity contribution in [3.63, 3.8) is 0 Å². The van der Waals surface area contributed by atoms with Gasteiger partial charge < -0.3 is 10.6 Å². The fraction of sp³-hybridized carbons (Fsp3) is 0.917. The number of halogens is 3. The van der Waals surface area contributed by atoms with Crippen molar-refractivity contribution < 1.29 is 18.0 Å². The summed E-state index contributed by atoms with van der Waals surface area (Å²) in [6, 6.07) is 0.0379. The zero-order valence-electron chi connectivity index (χ0n) is 10.6. The van der Waals surface area contributed by atoms with E-state index in [-0.39, 0.29) is 31.3 Å². The van der Waals surface area contributed by atoms with E-state index in [1.807, 2.05) is 6.92 Å². The van der Waals surface area contributed by atoms with Crippen molar-refractivity contribution in [3.05, 3.63) is 0 Å². The normalized spacial score (nSPS) is 24.9. The first-order valence-corrected chi connectivity index (χ1v) is 6.50. The molecular weight excluding hydrogens is 245 g/mol. The Balaban J connectivity index is 2.18. The van der Waals surface area contributed by atoms with Gasteiger partial charge in [-0.3, -0.25) is 4.79 Å². The lowest BCUT2D eigenvalue weighted by atomic mass is 9.85. The fourth-order valence-electron chi connectivity index (χ4n) is 2.19. The Kier molecular flexibility index (Phi) is 5.91. The summed E-state index contributed by atoms with van der Waals surface area (Å²) < 4.78 is 37.3. The SMILES string of the molecule is CCCNC(=O)CNC1CCC(C(F)(F)F)CC1. The highest BCUT2D eigenvalue weighted by atomic mass is 19.4. The molecule has 6 heteroatoms. The van der Waals surface area contributed by atoms with Gasteiger partial charge in [-0.1, -0.05) is 6.92 Å². The lowest BCUT2D eigenvalue weighted by Gasteiger charge is -2.30. The molecule has 0 unspecified atom stereocenters. The summed E-state index contributed by atoms with van der Waals surface area (Å²) >= 11 is 0. The summed E-state index contributed by atoms with van der Waals surface area (Å²) in [4.78, 5) is 11.3. The van der Waals surface area contributed by atoms with Crippen molar-refractivity contribution >= 4 is 5.91 Å². The van der Waals surface area contributed by atoms with Crippen LogP contribution in [-0.2, 0) is 4.79 Å². The van der Waals surface area contributed by atoms with Gasteiger partial charge in [-0.25, -0.2) is 0 Å². The van der Waals surface area contributed by atoms with Crippen LogP contribution in [0.3, 0.4) is 0 Å². The van der Waals surface area contributed by atoms with Crippen molar-refractivity contribution in [2.45, 2.75) is 51.2 Å². The van der Waals surface area contributed by atoms with E-state index >= 15 is 0 Å². The minimum atomic E-state index is -4.07. The van der Waals surface area contributed by atoms with Crippen LogP contribution in [0.5, 0.6) is 0 Å². The molecule has 0 saturated heterocycles. The van der Waals surface area contributed by atoms with E-state index in [0.29, 0.717) is 19.4 Å². The van der Waals surface area contributed by atoms with Crippen LogP contribution in [-0.4, -0.2) is 31.2 Å². The molecule has 0 spiro atoms. The number of amides is 1. The van der Waals surface area contributed by atoms with Gasteiger partial charge in [0.1, 0.15) is 0 Å². The molecule has 1 rings (SSSR count). The van der Waals surface area contributed by atoms with Crippen LogP contribution in [0.1, 0.15) is 39.0 Å². The number of nitrogens with one attached hydrogen (secondary N) is 2. The minimum Gasteiger partial charge on any atom is -0.355 e. The Morgan fingerprint density at radius 3 is 2.33 bits per heavy atom. The average Bonchev–Trinajstić information content (AvgIpc) is 2.33. The van der Waals surface area contributed by atoms with Crippen molar-refractivity contribution in [2.75, 3.05) is 13.1 Å². The molecule has 0 aliphatic heterocycles. The van der Waals surface area contributed by atoms with Gasteiger partial charge in [0.05, 0.1) is 12.5 Å². The van der Waals surface area contributed by atoms with E-state index in [2.05, 4.69) is 10.6 Å². The Labute approximate surface area is 106 Å². The molecule has 0 heterocycles. The summed E-state index contributed by atoms with van der Waals surface area (Å²) in [6.45, 7) is 2.80. The number of carbonyl (C=O) groups excluding carboxylic acids is 1. The number of alkyl halides is 3. The number of rotatable bonds is 5. The lowest BCUT2D eigenvalue weighted by molar-refractivity contribution is -0.182. The molecule has 1 amide bonds. The Bertz CT molecular complexity index is 261. The van der Waals surface area contributed by atoms with Crippen LogP contribution < -0.4 is 10.6 Å². The molecule has 2 N–H and O–H groups in total. The monoisotopic (exact) mass is 266 g/mol. The first-order valence-electron chi connectivity index (χ1n) is 6.50. The molecule has 0 radical (unpaired) electrons. The number of carbonyl (C=O) groups is 1. The molecule has 1 aliphatic carbocycles. The molecule has 1 saturated carbocycles. The van der Waals surface area contributed by atoms with Crippen LogP contribution in [0.15, 0.2) is 0 Å². The van der Waals surface area contributed by atoms with Gasteiger partial charge in [0.25, 0.3) is 0 Å². The smallest absolute Gasteiger partial charge is 0.355 e. The minimum absolute atomic E-state index is 0.0379. The van der Waals surface area contributed by atoms with E-state index in [0.717, 1.165) is 6.42 Å². The second-order valence-electron chi connectivity index (χ2n) is 4.82. The highest BCUT2D eigenvalue weighted by Crippen LogP contribution is 2.37. The molecule has 18 heavy (non-hydrogen) atoms. The third-order valence-corrected chi connectivity index (χ3v) is 3.31. The summed E-state index contributed by atoms with van der Waals surface area (Å²) in [5.74, 6) is -1.25. The average molecular weight is 266 g/mol. The molecular formula is C12H21F3N2O. The van der Waals surface area contributed by atoms with Crippen LogP contribution in [0, 0.1) is 5.92 Å². The van der Waals surface area contributed by atoms with Crippen LogP contribution in [0.4, 0.5) is 13.2 Å². The second-order valence-corrected chi connectivity index (χ2v) is 4.82. The van der Waals surface area contributed by atoms with Gasteiger partial charge in [-0.2, -0.15) is 13.2 Å². The molecule has 1 aliphatic rings. The number of hydrogen-bond acceptors (Lipinski definition) is 2. The quantitative estimate of drug-likeness (QED) is 0.801. The predicted molar refractivity (Wildman–Crippen MR) is 63.1 cm³/mol. The molecule has 0 aromatic rings. The summed E-state index contributed by atoms with van der Waals surface area (Å²) in [5, 5.41) is 5.75. The van der Waals surface area contributed by atoms with Gasteiger partial charge in [-0.15, -0.1) is 0 Å². The van der Waals surface area contributed by atoms with Gasteiger partial charge in [-0.05, 0) is 32.1 Å². The van der Waals surface area contributed by atoms with Gasteiger partial charge in [0.15, 0.2) is 0 Å². The maximum atomic E-state index is 12.4. The third-order valence-electron chi connectivity index (χ3n) is 3.31. The first kappa shape index (κ1) is 15.3. The number of hydrogen-bond donors (Lipinski definition) is 2. The van der Waals surface area contributed by atoms with Crippen LogP contribution in [0.25, 0.3) is 0 Å². The Morgan fingerprint density at radius 1 is 1.22 bits per heavy atom. The third kappa shape index (κ3) is 5.25. The maximum absolute atomic E-state index is 12.4. The molecule has 0 aromatic carbocycles. The van der Waals surface area contributed by atoms with E-state index < -0.39 is 12.1 Å². The zero-order valence-corrected chi connectivity index (χ0v) is 10.6. The Morgan fingerprint density at radius 2 is 1.83 bits per heavy atom. The lowest BCUT2D eigenvalue weighted by Crippen LogP contribution is -2.42. The van der Waals surface area contributed by atoms with E-state index in [1.54, 1.807) is 0 Å². The molecule has 0 bridgehead atoms. The first-order chi connectivity index (χ1) is 8.43. The summed E-state index contributed by atoms with van der Waals surface area (Å²) in [7, 11) is 0. The topological polar surface area (TPSA) is 41.1 Å². The zero-order chi connectivity index (χ0) is 13.6. The molecule has 1 fully saturated rings. The summed E-state index contributed by atoms with van der Waals surface area (Å²) in [5.41, 5.74) is 0. The highest BCUT2D eigenvalue weighted by Gasteiger charge is 2.41. The van der Waals surface area contributed by atoms with Crippen molar-refractivity contribution in [3.8, 4) is 0 Å². The maximum Gasteiger partial charge on any atom is 0.391 e. The van der Waals surface area contributed by atoms with E-state index in [1.165, 1.54) is 0 Å². The van der Waals surface area contributed by atoms with E-state index in [9.17, 15) is 18.0 Å². The molecule has 0 atom stereocenters. The van der Waals surface area contributed by atoms with Gasteiger partial charge in [0, 0.05) is 12.6 Å². The van der Waals surface area contributed by atoms with Crippen molar-refractivity contribution in [2.24, 2.45) is 5.92 Å². The van der Waals surface area contributed by atoms with Crippen molar-refractivity contribution in [1.82, 2.24) is 10.6 Å². The van der Waals surface area contributed by atoms with Crippen molar-refractivity contribution in [1.29, 1.82) is 0 Å². The largest absolute Gasteiger partial charge is 0.391 e. The predicted octanol–water partition coefficient (Wildman–Crippen LogP) is 2.22. The Hall–Kier alpha value is -0.780. The molecule has 0 aromatic heterocycles. The standard InChI is InChI=1S/C12H21F3N2O/c1-2-7-16-11(18)8-17-10-5-3-9(4-6-10)12(13,14)15/h9-10,17H,2-8H2,1H3,(H,16,18). The fourth-order valence-corrected chi connectivity index (χ4v) is 2.19. The van der Waals surface area contributed by atoms with E-state index in [4.69, 9.17) is 0 Å². The second kappa shape index (κ2) is 6.97. The van der Waals surface area contributed by atoms with Gasteiger partial charge >= 0.3 is 6.18 Å². The van der Waals surface area contributed by atoms with Gasteiger partial charge in [0.2, 0.25) is 5.91 Å². The highest BCUT2D eigenvalue weighted by molar-refractivity contribution is 5.77.